The molecular formula is C65H73ClN12O4. The molecular weight excluding hydrogens is 1050 g/mol. The lowest BCUT2D eigenvalue weighted by Crippen LogP contribution is -2.32. The van der Waals surface area contributed by atoms with Gasteiger partial charge in [-0.1, -0.05) is 125 Å². The molecule has 11 rings (SSSR count). The van der Waals surface area contributed by atoms with Crippen LogP contribution in [0, 0.1) is 0 Å². The van der Waals surface area contributed by atoms with Crippen molar-refractivity contribution in [1.82, 2.24) is 33.6 Å². The zero-order valence-corrected chi connectivity index (χ0v) is 45.6. The molecule has 1 amide bonds. The molecule has 6 aromatic carbocycles. The minimum Gasteiger partial charge on any atom is -0.381 e. The van der Waals surface area contributed by atoms with Crippen molar-refractivity contribution >= 4 is 72.7 Å². The van der Waals surface area contributed by atoms with Gasteiger partial charge in [0.15, 0.2) is 11.5 Å². The molecule has 11 aromatic rings. The Labute approximate surface area is 483 Å². The molecule has 0 bridgehead atoms. The maximum absolute atomic E-state index is 13.9. The van der Waals surface area contributed by atoms with Gasteiger partial charge in [0.25, 0.3) is 22.6 Å². The van der Waals surface area contributed by atoms with Crippen molar-refractivity contribution < 1.29 is 4.79 Å². The van der Waals surface area contributed by atoms with Gasteiger partial charge in [-0.05, 0) is 116 Å². The molecule has 16 nitrogen and oxygen atoms in total. The van der Waals surface area contributed by atoms with Crippen molar-refractivity contribution in [3.05, 3.63) is 241 Å². The van der Waals surface area contributed by atoms with E-state index in [1.165, 1.54) is 4.52 Å². The fraction of sp³-hybridized carbons (Fsp3) is 0.200. The summed E-state index contributed by atoms with van der Waals surface area (Å²) in [5.74, 6) is -0.333. The molecule has 3 atom stereocenters. The number of rotatable bonds is 10. The van der Waals surface area contributed by atoms with Crippen LogP contribution in [0.1, 0.15) is 88.6 Å². The highest BCUT2D eigenvalue weighted by atomic mass is 35.5. The first-order valence-electron chi connectivity index (χ1n) is 25.6. The maximum Gasteiger partial charge on any atom is 0.265 e. The molecule has 0 radical (unpaired) electrons. The molecule has 0 fully saturated rings. The van der Waals surface area contributed by atoms with Crippen LogP contribution in [-0.2, 0) is 0 Å². The third-order valence-electron chi connectivity index (χ3n) is 13.5. The molecule has 0 aliphatic carbocycles. The van der Waals surface area contributed by atoms with Crippen LogP contribution in [0.3, 0.4) is 0 Å². The molecule has 0 saturated carbocycles. The number of hydrogen-bond donors (Lipinski definition) is 4. The lowest BCUT2D eigenvalue weighted by molar-refractivity contribution is 0.0941. The summed E-state index contributed by atoms with van der Waals surface area (Å²) >= 11 is 6.21. The third kappa shape index (κ3) is 12.2. The van der Waals surface area contributed by atoms with Crippen molar-refractivity contribution in [3.63, 3.8) is 0 Å². The van der Waals surface area contributed by atoms with Crippen LogP contribution in [0.15, 0.2) is 197 Å². The van der Waals surface area contributed by atoms with E-state index in [1.807, 2.05) is 216 Å². The van der Waals surface area contributed by atoms with Crippen LogP contribution in [-0.4, -0.2) is 62.4 Å². The average Bonchev–Trinajstić information content (AvgIpc) is 2.62. The number of nitrogens with zero attached hydrogens (tertiary/aromatic N) is 8. The van der Waals surface area contributed by atoms with E-state index < -0.39 is 11.9 Å². The van der Waals surface area contributed by atoms with E-state index in [-0.39, 0.29) is 62.4 Å². The number of anilines is 3. The lowest BCUT2D eigenvalue weighted by Gasteiger charge is -2.22. The van der Waals surface area contributed by atoms with Crippen LogP contribution in [0.5, 0.6) is 0 Å². The number of halogens is 1. The second kappa shape index (κ2) is 26.3. The number of carbonyl (C=O) groups excluding carboxylic acids is 1. The standard InChI is InChI=1S/C26H25N7O2.C19H21N3O.C17H15ClN2O.3CH4/c1-16(29-25(34)22-23(27)30-32-14-8-13-28-24(22)32)20-15-17-9-7-12-19(31(2)3)21(17)26(35)33(20)18-10-5-4-6-11-18;1-13(20)17-12-14-8-7-11-16(21(2)3)18(14)19(23)22(17)15-9-5-4-6-10-15;1-11(19)15-10-12-6-5-9-14(18)16(12)17(21)20(15)13-7-3-2-4-8-13;;;/h4-16H,1-3H3,(H2,27,30)(H,29,34);4-13H,20H2,1-3H3;2-11H,19H2,1H3;3*1H4/t16-;13-;11-;;;/m000.../s1. The summed E-state index contributed by atoms with van der Waals surface area (Å²) in [7, 11) is 7.71. The van der Waals surface area contributed by atoms with Crippen molar-refractivity contribution in [2.75, 3.05) is 43.7 Å². The molecule has 5 heterocycles. The maximum atomic E-state index is 13.9. The van der Waals surface area contributed by atoms with Gasteiger partial charge in [0.2, 0.25) is 0 Å². The molecule has 82 heavy (non-hydrogen) atoms. The van der Waals surface area contributed by atoms with E-state index in [4.69, 9.17) is 28.8 Å². The molecule has 0 spiro atoms. The van der Waals surface area contributed by atoms with Gasteiger partial charge in [-0.3, -0.25) is 32.9 Å². The van der Waals surface area contributed by atoms with E-state index in [0.717, 1.165) is 50.3 Å². The van der Waals surface area contributed by atoms with E-state index in [2.05, 4.69) is 15.4 Å². The highest BCUT2D eigenvalue weighted by Crippen LogP contribution is 2.30. The Bertz CT molecular complexity index is 4210. The first kappa shape index (κ1) is 61.9. The quantitative estimate of drug-likeness (QED) is 0.101. The summed E-state index contributed by atoms with van der Waals surface area (Å²) in [5, 5.41) is 12.0. The summed E-state index contributed by atoms with van der Waals surface area (Å²) in [5.41, 5.74) is 24.7. The number of nitrogens with two attached hydrogens (primary N) is 3. The Morgan fingerprint density at radius 2 is 0.927 bits per heavy atom. The van der Waals surface area contributed by atoms with E-state index in [9.17, 15) is 19.2 Å². The summed E-state index contributed by atoms with van der Waals surface area (Å²) in [6.45, 7) is 5.60. The Morgan fingerprint density at radius 3 is 1.35 bits per heavy atom. The van der Waals surface area contributed by atoms with Gasteiger partial charge < -0.3 is 32.3 Å². The van der Waals surface area contributed by atoms with Crippen molar-refractivity contribution in [2.24, 2.45) is 11.5 Å². The van der Waals surface area contributed by atoms with Gasteiger partial charge in [-0.2, -0.15) is 0 Å². The van der Waals surface area contributed by atoms with Crippen LogP contribution in [0.4, 0.5) is 17.2 Å². The predicted molar refractivity (Wildman–Crippen MR) is 341 cm³/mol. The molecule has 5 aromatic heterocycles. The van der Waals surface area contributed by atoms with E-state index >= 15 is 0 Å². The Morgan fingerprint density at radius 1 is 0.537 bits per heavy atom. The van der Waals surface area contributed by atoms with Crippen LogP contribution >= 0.6 is 11.6 Å². The fourth-order valence-corrected chi connectivity index (χ4v) is 10.1. The zero-order chi connectivity index (χ0) is 56.2. The number of amides is 1. The highest BCUT2D eigenvalue weighted by molar-refractivity contribution is 6.35. The van der Waals surface area contributed by atoms with Gasteiger partial charge >= 0.3 is 0 Å². The largest absolute Gasteiger partial charge is 0.381 e. The smallest absolute Gasteiger partial charge is 0.265 e. The second-order valence-electron chi connectivity index (χ2n) is 19.5. The molecule has 0 saturated heterocycles. The molecule has 17 heteroatoms. The number of pyridine rings is 3. The van der Waals surface area contributed by atoms with Gasteiger partial charge in [0, 0.05) is 98.2 Å². The van der Waals surface area contributed by atoms with Crippen LogP contribution in [0.2, 0.25) is 5.02 Å². The Kier molecular flexibility index (Phi) is 19.8. The Balaban J connectivity index is 0.000000203. The number of carbonyl (C=O) groups is 1. The number of benzene rings is 6. The zero-order valence-electron chi connectivity index (χ0n) is 44.9. The summed E-state index contributed by atoms with van der Waals surface area (Å²) in [6.07, 6.45) is 3.26. The first-order chi connectivity index (χ1) is 38.0. The number of hydrogen-bond acceptors (Lipinski definition) is 11. The predicted octanol–water partition coefficient (Wildman–Crippen LogP) is 11.8. The third-order valence-corrected chi connectivity index (χ3v) is 13.8. The van der Waals surface area contributed by atoms with Crippen molar-refractivity contribution in [2.45, 2.75) is 61.2 Å². The van der Waals surface area contributed by atoms with Gasteiger partial charge in [-0.15, -0.1) is 5.10 Å². The molecule has 424 valence electrons. The van der Waals surface area contributed by atoms with E-state index in [1.54, 1.807) is 38.2 Å². The summed E-state index contributed by atoms with van der Waals surface area (Å²) in [4.78, 5) is 61.5. The monoisotopic (exact) mass is 1120 g/mol. The molecule has 0 aliphatic rings. The van der Waals surface area contributed by atoms with Crippen LogP contribution < -0.4 is 49.0 Å². The fourth-order valence-electron chi connectivity index (χ4n) is 9.80. The van der Waals surface area contributed by atoms with Gasteiger partial charge in [-0.25, -0.2) is 9.50 Å². The lowest BCUT2D eigenvalue weighted by atomic mass is 10.1. The highest BCUT2D eigenvalue weighted by Gasteiger charge is 2.25. The Hall–Kier alpha value is -9.35. The second-order valence-corrected chi connectivity index (χ2v) is 19.9. The molecule has 0 aliphatic heterocycles. The number of para-hydroxylation sites is 3. The van der Waals surface area contributed by atoms with Crippen molar-refractivity contribution in [3.8, 4) is 17.1 Å². The number of nitrogen functional groups attached to an aromatic ring is 1. The average molecular weight is 1120 g/mol. The molecule has 0 unspecified atom stereocenters. The van der Waals surface area contributed by atoms with Gasteiger partial charge in [0.1, 0.15) is 5.56 Å². The minimum absolute atomic E-state index is 0. The number of nitrogens with one attached hydrogen (secondary N) is 1. The minimum atomic E-state index is -0.527. The summed E-state index contributed by atoms with van der Waals surface area (Å²) in [6, 6.07) is 52.2. The summed E-state index contributed by atoms with van der Waals surface area (Å²) < 4.78 is 6.48. The van der Waals surface area contributed by atoms with Crippen LogP contribution in [0.25, 0.3) is 55.0 Å². The van der Waals surface area contributed by atoms with Crippen molar-refractivity contribution in [1.29, 1.82) is 0 Å². The van der Waals surface area contributed by atoms with E-state index in [0.29, 0.717) is 38.2 Å². The number of aromatic nitrogens is 6. The van der Waals surface area contributed by atoms with Gasteiger partial charge in [0.05, 0.1) is 27.2 Å². The molecule has 7 N–H and O–H groups in total. The SMILES string of the molecule is C.C.C.C[C@H](N)c1cc2cccc(Cl)c2c(=O)n1-c1ccccc1.C[C@H](N)c1cc2cccc(N(C)C)c2c(=O)n1-c1ccccc1.C[C@H](NC(=O)c1c(N)nn2cccnc12)c1cc2cccc(N(C)C)c2c(=O)n1-c1ccccc1. The number of fused-ring (bicyclic) bond motifs is 4. The first-order valence-corrected chi connectivity index (χ1v) is 26.0. The normalized spacial score (nSPS) is 11.8. The topological polar surface area (TPSA) is 210 Å².